The van der Waals surface area contributed by atoms with Crippen LogP contribution in [0.25, 0.3) is 22.2 Å². The molecule has 9 heteroatoms. The minimum Gasteiger partial charge on any atom is -0.493 e. The van der Waals surface area contributed by atoms with E-state index < -0.39 is 4.92 Å². The molecule has 29 heavy (non-hydrogen) atoms. The van der Waals surface area contributed by atoms with Crippen LogP contribution in [0.4, 0.5) is 5.69 Å². The van der Waals surface area contributed by atoms with Crippen molar-refractivity contribution in [2.75, 3.05) is 13.2 Å². The molecular weight excluding hydrogens is 410 g/mol. The van der Waals surface area contributed by atoms with Crippen molar-refractivity contribution in [2.45, 2.75) is 13.8 Å². The van der Waals surface area contributed by atoms with Crippen LogP contribution in [0.2, 0.25) is 0 Å². The summed E-state index contributed by atoms with van der Waals surface area (Å²) in [5, 5.41) is 25.5. The zero-order valence-corrected chi connectivity index (χ0v) is 17.4. The maximum absolute atomic E-state index is 11.5. The summed E-state index contributed by atoms with van der Waals surface area (Å²) in [5.41, 5.74) is 1.34. The van der Waals surface area contributed by atoms with Crippen molar-refractivity contribution in [1.29, 1.82) is 5.26 Å². The predicted octanol–water partition coefficient (Wildman–Crippen LogP) is 5.64. The largest absolute Gasteiger partial charge is 0.493 e. The summed E-state index contributed by atoms with van der Waals surface area (Å²) >= 11 is 2.91. The van der Waals surface area contributed by atoms with Crippen molar-refractivity contribution < 1.29 is 14.4 Å². The lowest BCUT2D eigenvalue weighted by molar-refractivity contribution is -0.385. The first-order valence-corrected chi connectivity index (χ1v) is 10.5. The van der Waals surface area contributed by atoms with Crippen molar-refractivity contribution >= 4 is 40.0 Å². The van der Waals surface area contributed by atoms with Crippen LogP contribution in [0.1, 0.15) is 24.4 Å². The molecular formula is C20H17N3O4S2. The number of hydrogen-bond acceptors (Lipinski definition) is 8. The van der Waals surface area contributed by atoms with E-state index in [2.05, 4.69) is 11.1 Å². The second kappa shape index (κ2) is 9.32. The average molecular weight is 428 g/mol. The van der Waals surface area contributed by atoms with E-state index in [1.54, 1.807) is 24.3 Å². The Hall–Kier alpha value is -3.22. The first-order valence-electron chi connectivity index (χ1n) is 8.77. The number of benzene rings is 1. The van der Waals surface area contributed by atoms with Gasteiger partial charge in [0.15, 0.2) is 0 Å². The first kappa shape index (κ1) is 20.5. The van der Waals surface area contributed by atoms with Gasteiger partial charge in [-0.05, 0) is 31.4 Å². The molecule has 0 unspecified atom stereocenters. The lowest BCUT2D eigenvalue weighted by Crippen LogP contribution is -2.01. The number of rotatable bonds is 8. The quantitative estimate of drug-likeness (QED) is 0.262. The summed E-state index contributed by atoms with van der Waals surface area (Å²) in [6, 6.07) is 8.89. The number of ether oxygens (including phenoxy) is 2. The molecule has 0 atom stereocenters. The third kappa shape index (κ3) is 4.62. The number of thiophene rings is 1. The van der Waals surface area contributed by atoms with Crippen LogP contribution in [0.15, 0.2) is 35.0 Å². The molecule has 3 aromatic rings. The van der Waals surface area contributed by atoms with Gasteiger partial charge in [0.25, 0.3) is 0 Å². The lowest BCUT2D eigenvalue weighted by Gasteiger charge is -2.11. The van der Waals surface area contributed by atoms with Crippen molar-refractivity contribution in [3.05, 3.63) is 55.7 Å². The van der Waals surface area contributed by atoms with E-state index in [1.807, 2.05) is 29.8 Å². The lowest BCUT2D eigenvalue weighted by atomic mass is 10.1. The maximum Gasteiger partial charge on any atom is 0.311 e. The molecule has 0 radical (unpaired) electrons. The monoisotopic (exact) mass is 427 g/mol. The van der Waals surface area contributed by atoms with Gasteiger partial charge in [-0.25, -0.2) is 4.98 Å². The molecule has 0 saturated heterocycles. The first-order chi connectivity index (χ1) is 14.1. The summed E-state index contributed by atoms with van der Waals surface area (Å²) in [6.45, 7) is 4.22. The number of aromatic nitrogens is 1. The Morgan fingerprint density at radius 2 is 2.03 bits per heavy atom. The Balaban J connectivity index is 2.07. The highest BCUT2D eigenvalue weighted by Crippen LogP contribution is 2.37. The number of thiazole rings is 1. The number of nitriles is 1. The zero-order chi connectivity index (χ0) is 20.8. The molecule has 148 valence electrons. The summed E-state index contributed by atoms with van der Waals surface area (Å²) in [7, 11) is 0. The van der Waals surface area contributed by atoms with E-state index >= 15 is 0 Å². The van der Waals surface area contributed by atoms with E-state index in [0.717, 1.165) is 10.6 Å². The molecule has 7 nitrogen and oxygen atoms in total. The number of allylic oxidation sites excluding steroid dienone is 1. The van der Waals surface area contributed by atoms with Gasteiger partial charge in [0.2, 0.25) is 5.75 Å². The zero-order valence-electron chi connectivity index (χ0n) is 15.7. The highest BCUT2D eigenvalue weighted by atomic mass is 32.1. The molecule has 0 bridgehead atoms. The Morgan fingerprint density at radius 3 is 2.66 bits per heavy atom. The predicted molar refractivity (Wildman–Crippen MR) is 114 cm³/mol. The van der Waals surface area contributed by atoms with E-state index in [0.29, 0.717) is 28.5 Å². The maximum atomic E-state index is 11.5. The standard InChI is InChI=1S/C20H17N3O4S2/c1-3-26-17-10-18(27-4-2)16(23(24)25)9-13(17)8-14(11-21)20-22-15(12-29-20)19-6-5-7-28-19/h5-10,12H,3-4H2,1-2H3/b14-8-. The molecule has 2 heterocycles. The Kier molecular flexibility index (Phi) is 6.59. The van der Waals surface area contributed by atoms with Gasteiger partial charge in [-0.2, -0.15) is 5.26 Å². The Morgan fingerprint density at radius 1 is 1.28 bits per heavy atom. The SMILES string of the molecule is CCOc1cc(OCC)c([N+](=O)[O-])cc1/C=C(/C#N)c1nc(-c2cccs2)cs1. The van der Waals surface area contributed by atoms with Crippen LogP contribution in [0.3, 0.4) is 0 Å². The van der Waals surface area contributed by atoms with Gasteiger partial charge >= 0.3 is 5.69 Å². The van der Waals surface area contributed by atoms with Crippen LogP contribution in [0.5, 0.6) is 11.5 Å². The van der Waals surface area contributed by atoms with Gasteiger partial charge in [0.05, 0.1) is 34.3 Å². The molecule has 0 aliphatic heterocycles. The highest BCUT2D eigenvalue weighted by molar-refractivity contribution is 7.14. The number of nitro groups is 1. The van der Waals surface area contributed by atoms with Crippen molar-refractivity contribution in [1.82, 2.24) is 4.98 Å². The van der Waals surface area contributed by atoms with E-state index in [-0.39, 0.29) is 18.0 Å². The minimum absolute atomic E-state index is 0.130. The van der Waals surface area contributed by atoms with Gasteiger partial charge in [-0.15, -0.1) is 22.7 Å². The van der Waals surface area contributed by atoms with Gasteiger partial charge in [0.1, 0.15) is 16.8 Å². The molecule has 1 aromatic carbocycles. The van der Waals surface area contributed by atoms with Crippen LogP contribution in [-0.2, 0) is 0 Å². The number of nitro benzene ring substituents is 1. The summed E-state index contributed by atoms with van der Waals surface area (Å²) in [6.07, 6.45) is 1.56. The molecule has 0 aliphatic carbocycles. The van der Waals surface area contributed by atoms with E-state index in [4.69, 9.17) is 9.47 Å². The number of hydrogen-bond donors (Lipinski definition) is 0. The Bertz CT molecular complexity index is 1080. The van der Waals surface area contributed by atoms with Crippen LogP contribution in [0, 0.1) is 21.4 Å². The van der Waals surface area contributed by atoms with Gasteiger partial charge in [-0.3, -0.25) is 10.1 Å². The van der Waals surface area contributed by atoms with E-state index in [1.165, 1.54) is 23.5 Å². The van der Waals surface area contributed by atoms with Gasteiger partial charge in [0, 0.05) is 23.1 Å². The minimum atomic E-state index is -0.512. The normalized spacial score (nSPS) is 11.1. The summed E-state index contributed by atoms with van der Waals surface area (Å²) < 4.78 is 11.0. The van der Waals surface area contributed by atoms with Crippen molar-refractivity contribution in [3.63, 3.8) is 0 Å². The third-order valence-corrected chi connectivity index (χ3v) is 5.58. The average Bonchev–Trinajstić information content (AvgIpc) is 3.39. The highest BCUT2D eigenvalue weighted by Gasteiger charge is 2.20. The summed E-state index contributed by atoms with van der Waals surface area (Å²) in [4.78, 5) is 16.5. The second-order valence-corrected chi connectivity index (χ2v) is 7.47. The molecule has 0 spiro atoms. The summed E-state index contributed by atoms with van der Waals surface area (Å²) in [5.74, 6) is 0.537. The van der Waals surface area contributed by atoms with Crippen LogP contribution < -0.4 is 9.47 Å². The molecule has 0 aliphatic rings. The molecule has 0 fully saturated rings. The molecule has 0 N–H and O–H groups in total. The van der Waals surface area contributed by atoms with Gasteiger partial charge < -0.3 is 9.47 Å². The van der Waals surface area contributed by atoms with Gasteiger partial charge in [-0.1, -0.05) is 6.07 Å². The molecule has 0 amide bonds. The van der Waals surface area contributed by atoms with E-state index in [9.17, 15) is 15.4 Å². The molecule has 0 saturated carbocycles. The smallest absolute Gasteiger partial charge is 0.311 e. The topological polar surface area (TPSA) is 98.3 Å². The fourth-order valence-corrected chi connectivity index (χ4v) is 4.15. The fraction of sp³-hybridized carbons (Fsp3) is 0.200. The van der Waals surface area contributed by atoms with Crippen LogP contribution in [-0.4, -0.2) is 23.1 Å². The van der Waals surface area contributed by atoms with Crippen LogP contribution >= 0.6 is 22.7 Å². The number of nitrogens with zero attached hydrogens (tertiary/aromatic N) is 3. The third-order valence-electron chi connectivity index (χ3n) is 3.82. The van der Waals surface area contributed by atoms with Crippen molar-refractivity contribution in [3.8, 4) is 28.1 Å². The fourth-order valence-electron chi connectivity index (χ4n) is 2.61. The second-order valence-electron chi connectivity index (χ2n) is 5.67. The molecule has 3 rings (SSSR count). The van der Waals surface area contributed by atoms with Crippen molar-refractivity contribution in [2.24, 2.45) is 0 Å². The Labute approximate surface area is 175 Å². The molecule has 2 aromatic heterocycles.